The summed E-state index contributed by atoms with van der Waals surface area (Å²) in [5, 5.41) is 0. The van der Waals surface area contributed by atoms with Crippen LogP contribution in [0, 0.1) is 0 Å². The van der Waals surface area contributed by atoms with Crippen LogP contribution in [0.3, 0.4) is 0 Å². The molecule has 1 saturated heterocycles. The van der Waals surface area contributed by atoms with Crippen LogP contribution in [0.25, 0.3) is 0 Å². The monoisotopic (exact) mass is 177 g/mol. The van der Waals surface area contributed by atoms with Gasteiger partial charge in [0.15, 0.2) is 0 Å². The van der Waals surface area contributed by atoms with Gasteiger partial charge in [-0.25, -0.2) is 4.72 Å². The van der Waals surface area contributed by atoms with E-state index in [2.05, 4.69) is 9.44 Å². The molecule has 2 unspecified atom stereocenters. The van der Waals surface area contributed by atoms with E-state index in [9.17, 15) is 0 Å². The van der Waals surface area contributed by atoms with Gasteiger partial charge in [-0.3, -0.25) is 4.72 Å². The molecule has 1 aliphatic heterocycles. The molecule has 11 heavy (non-hydrogen) atoms. The minimum absolute atomic E-state index is 0.0404. The fourth-order valence-corrected chi connectivity index (χ4v) is 1.50. The SMILES string of the molecule is CNSNCC1CCC(N)O1. The Kier molecular flexibility index (Phi) is 4.17. The first-order chi connectivity index (χ1) is 5.33. The van der Waals surface area contributed by atoms with Crippen LogP contribution in [0.4, 0.5) is 0 Å². The molecule has 66 valence electrons. The van der Waals surface area contributed by atoms with Gasteiger partial charge in [0, 0.05) is 18.7 Å². The van der Waals surface area contributed by atoms with Gasteiger partial charge in [-0.15, -0.1) is 0 Å². The molecule has 4 N–H and O–H groups in total. The number of nitrogens with two attached hydrogens (primary N) is 1. The minimum Gasteiger partial charge on any atom is -0.359 e. The lowest BCUT2D eigenvalue weighted by Gasteiger charge is -2.10. The number of hydrogen-bond acceptors (Lipinski definition) is 5. The largest absolute Gasteiger partial charge is 0.359 e. The molecule has 4 nitrogen and oxygen atoms in total. The van der Waals surface area contributed by atoms with Gasteiger partial charge in [0.25, 0.3) is 0 Å². The summed E-state index contributed by atoms with van der Waals surface area (Å²) in [7, 11) is 1.87. The predicted molar refractivity (Wildman–Crippen MR) is 46.7 cm³/mol. The van der Waals surface area contributed by atoms with Crippen LogP contribution in [-0.2, 0) is 4.74 Å². The van der Waals surface area contributed by atoms with E-state index in [1.54, 1.807) is 0 Å². The van der Waals surface area contributed by atoms with Crippen LogP contribution in [0.5, 0.6) is 0 Å². The van der Waals surface area contributed by atoms with Crippen molar-refractivity contribution in [2.75, 3.05) is 13.6 Å². The van der Waals surface area contributed by atoms with Crippen molar-refractivity contribution in [2.45, 2.75) is 25.2 Å². The molecule has 0 aromatic carbocycles. The molecular weight excluding hydrogens is 162 g/mol. The van der Waals surface area contributed by atoms with Crippen molar-refractivity contribution < 1.29 is 4.74 Å². The Bertz CT molecular complexity index is 114. The van der Waals surface area contributed by atoms with Crippen molar-refractivity contribution in [3.63, 3.8) is 0 Å². The Morgan fingerprint density at radius 2 is 2.45 bits per heavy atom. The van der Waals surface area contributed by atoms with E-state index in [1.165, 1.54) is 12.1 Å². The van der Waals surface area contributed by atoms with Crippen molar-refractivity contribution in [3.05, 3.63) is 0 Å². The first-order valence-electron chi connectivity index (χ1n) is 3.79. The van der Waals surface area contributed by atoms with Gasteiger partial charge in [0.1, 0.15) is 6.23 Å². The van der Waals surface area contributed by atoms with E-state index in [-0.39, 0.29) is 6.23 Å². The zero-order valence-corrected chi connectivity index (χ0v) is 7.49. The number of nitrogens with one attached hydrogen (secondary N) is 2. The fourth-order valence-electron chi connectivity index (χ4n) is 1.09. The van der Waals surface area contributed by atoms with E-state index >= 15 is 0 Å². The Morgan fingerprint density at radius 3 is 3.00 bits per heavy atom. The summed E-state index contributed by atoms with van der Waals surface area (Å²) in [6, 6.07) is 0. The highest BCUT2D eigenvalue weighted by molar-refractivity contribution is 7.95. The third kappa shape index (κ3) is 3.39. The second-order valence-corrected chi connectivity index (χ2v) is 3.43. The van der Waals surface area contributed by atoms with Crippen LogP contribution in [-0.4, -0.2) is 25.9 Å². The van der Waals surface area contributed by atoms with Crippen LogP contribution >= 0.6 is 12.1 Å². The van der Waals surface area contributed by atoms with Crippen LogP contribution in [0.15, 0.2) is 0 Å². The fraction of sp³-hybridized carbons (Fsp3) is 1.00. The molecule has 0 aromatic heterocycles. The van der Waals surface area contributed by atoms with Crippen LogP contribution < -0.4 is 15.2 Å². The van der Waals surface area contributed by atoms with E-state index in [0.29, 0.717) is 6.10 Å². The Hall–Kier alpha value is 0.190. The van der Waals surface area contributed by atoms with E-state index < -0.39 is 0 Å². The third-order valence-electron chi connectivity index (χ3n) is 1.63. The summed E-state index contributed by atoms with van der Waals surface area (Å²) in [5.41, 5.74) is 5.56. The van der Waals surface area contributed by atoms with Crippen LogP contribution in [0.2, 0.25) is 0 Å². The van der Waals surface area contributed by atoms with Gasteiger partial charge in [-0.05, 0) is 19.9 Å². The van der Waals surface area contributed by atoms with E-state index in [1.807, 2.05) is 7.05 Å². The van der Waals surface area contributed by atoms with Crippen LogP contribution in [0.1, 0.15) is 12.8 Å². The first kappa shape index (κ1) is 9.28. The van der Waals surface area contributed by atoms with Gasteiger partial charge in [-0.1, -0.05) is 0 Å². The molecule has 0 spiro atoms. The molecule has 0 saturated carbocycles. The summed E-state index contributed by atoms with van der Waals surface area (Å²) in [6.07, 6.45) is 2.31. The van der Waals surface area contributed by atoms with E-state index in [0.717, 1.165) is 19.4 Å². The standard InChI is InChI=1S/C6H15N3OS/c1-8-11-9-4-5-2-3-6(7)10-5/h5-6,8-9H,2-4,7H2,1H3. The van der Waals surface area contributed by atoms with Crippen molar-refractivity contribution in [3.8, 4) is 0 Å². The summed E-state index contributed by atoms with van der Waals surface area (Å²) >= 11 is 1.48. The maximum atomic E-state index is 5.56. The second-order valence-electron chi connectivity index (χ2n) is 2.53. The lowest BCUT2D eigenvalue weighted by molar-refractivity contribution is 0.0526. The second kappa shape index (κ2) is 4.95. The number of rotatable bonds is 4. The predicted octanol–water partition coefficient (Wildman–Crippen LogP) is -0.178. The van der Waals surface area contributed by atoms with Gasteiger partial charge in [0.05, 0.1) is 6.10 Å². The van der Waals surface area contributed by atoms with Crippen molar-refractivity contribution in [1.29, 1.82) is 0 Å². The number of hydrogen-bond donors (Lipinski definition) is 3. The molecule has 1 aliphatic rings. The highest BCUT2D eigenvalue weighted by atomic mass is 32.2. The normalized spacial score (nSPS) is 31.1. The lowest BCUT2D eigenvalue weighted by atomic mass is 10.2. The molecule has 0 aromatic rings. The molecule has 5 heteroatoms. The van der Waals surface area contributed by atoms with Gasteiger partial charge < -0.3 is 10.5 Å². The highest BCUT2D eigenvalue weighted by Gasteiger charge is 2.21. The summed E-state index contributed by atoms with van der Waals surface area (Å²) < 4.78 is 11.4. The maximum Gasteiger partial charge on any atom is 0.106 e. The molecule has 1 rings (SSSR count). The molecule has 0 amide bonds. The summed E-state index contributed by atoms with van der Waals surface area (Å²) in [4.78, 5) is 0. The number of ether oxygens (including phenoxy) is 1. The van der Waals surface area contributed by atoms with Gasteiger partial charge in [0.2, 0.25) is 0 Å². The molecule has 0 aliphatic carbocycles. The first-order valence-corrected chi connectivity index (χ1v) is 4.61. The minimum atomic E-state index is -0.0404. The van der Waals surface area contributed by atoms with Gasteiger partial charge >= 0.3 is 0 Å². The van der Waals surface area contributed by atoms with Crippen molar-refractivity contribution in [2.24, 2.45) is 5.73 Å². The zero-order valence-electron chi connectivity index (χ0n) is 6.67. The molecule has 2 atom stereocenters. The Labute approximate surface area is 71.5 Å². The smallest absolute Gasteiger partial charge is 0.106 e. The Morgan fingerprint density at radius 1 is 1.64 bits per heavy atom. The molecule has 0 radical (unpaired) electrons. The summed E-state index contributed by atoms with van der Waals surface area (Å²) in [5.74, 6) is 0. The molecule has 0 bridgehead atoms. The topological polar surface area (TPSA) is 59.3 Å². The van der Waals surface area contributed by atoms with Crippen molar-refractivity contribution >= 4 is 12.1 Å². The van der Waals surface area contributed by atoms with E-state index in [4.69, 9.17) is 10.5 Å². The molecular formula is C6H15N3OS. The Balaban J connectivity index is 1.99. The molecule has 1 fully saturated rings. The third-order valence-corrected chi connectivity index (χ3v) is 2.14. The average Bonchev–Trinajstić information content (AvgIpc) is 2.37. The quantitative estimate of drug-likeness (QED) is 0.411. The van der Waals surface area contributed by atoms with Gasteiger partial charge in [-0.2, -0.15) is 0 Å². The molecule has 1 heterocycles. The zero-order chi connectivity index (χ0) is 8.10. The highest BCUT2D eigenvalue weighted by Crippen LogP contribution is 2.15. The average molecular weight is 177 g/mol. The summed E-state index contributed by atoms with van der Waals surface area (Å²) in [6.45, 7) is 0.860. The maximum absolute atomic E-state index is 5.56. The lowest BCUT2D eigenvalue weighted by Crippen LogP contribution is -2.26. The van der Waals surface area contributed by atoms with Crippen molar-refractivity contribution in [1.82, 2.24) is 9.44 Å².